The van der Waals surface area contributed by atoms with Crippen molar-refractivity contribution in [3.63, 3.8) is 0 Å². The Hall–Kier alpha value is -1.71. The number of nitrogens with zero attached hydrogens (tertiary/aromatic N) is 1. The molecule has 0 amide bonds. The smallest absolute Gasteiger partial charge is 0.137 e. The van der Waals surface area contributed by atoms with Crippen molar-refractivity contribution in [2.75, 3.05) is 12.4 Å². The van der Waals surface area contributed by atoms with E-state index >= 15 is 0 Å². The molecule has 0 bridgehead atoms. The topological polar surface area (TPSA) is 24.9 Å². The van der Waals surface area contributed by atoms with Crippen LogP contribution in [-0.2, 0) is 6.42 Å². The number of halogens is 2. The average Bonchev–Trinajstić information content (AvgIpc) is 2.27. The summed E-state index contributed by atoms with van der Waals surface area (Å²) in [6.45, 7) is 2.04. The van der Waals surface area contributed by atoms with Crippen LogP contribution in [0.4, 0.5) is 14.5 Å². The fourth-order valence-electron chi connectivity index (χ4n) is 1.92. The van der Waals surface area contributed by atoms with E-state index in [1.165, 1.54) is 6.07 Å². The molecule has 0 unspecified atom stereocenters. The van der Waals surface area contributed by atoms with Gasteiger partial charge in [-0.1, -0.05) is 13.3 Å². The quantitative estimate of drug-likeness (QED) is 0.882. The van der Waals surface area contributed by atoms with Crippen LogP contribution >= 0.6 is 0 Å². The summed E-state index contributed by atoms with van der Waals surface area (Å²) in [6.07, 6.45) is 1.74. The van der Waals surface area contributed by atoms with Gasteiger partial charge in [0.25, 0.3) is 0 Å². The molecule has 0 saturated carbocycles. The summed E-state index contributed by atoms with van der Waals surface area (Å²) >= 11 is 0. The number of nitrogens with one attached hydrogen (secondary N) is 1. The summed E-state index contributed by atoms with van der Waals surface area (Å²) in [7, 11) is 1.72. The maximum atomic E-state index is 13.7. The summed E-state index contributed by atoms with van der Waals surface area (Å²) in [6, 6.07) is 3.95. The number of hydrogen-bond acceptors (Lipinski definition) is 2. The van der Waals surface area contributed by atoms with Gasteiger partial charge in [0.2, 0.25) is 0 Å². The van der Waals surface area contributed by atoms with Gasteiger partial charge in [-0.2, -0.15) is 0 Å². The monoisotopic (exact) mass is 236 g/mol. The van der Waals surface area contributed by atoms with Crippen molar-refractivity contribution in [3.05, 3.63) is 35.5 Å². The van der Waals surface area contributed by atoms with Crippen LogP contribution in [0, 0.1) is 11.6 Å². The van der Waals surface area contributed by atoms with Gasteiger partial charge in [-0.05, 0) is 12.5 Å². The molecule has 0 aliphatic rings. The number of aromatic nitrogens is 1. The van der Waals surface area contributed by atoms with Gasteiger partial charge in [0, 0.05) is 30.6 Å². The van der Waals surface area contributed by atoms with Gasteiger partial charge in [0.1, 0.15) is 11.6 Å². The number of rotatable bonds is 3. The Bertz CT molecular complexity index is 553. The normalized spacial score (nSPS) is 10.8. The highest BCUT2D eigenvalue weighted by molar-refractivity contribution is 5.92. The van der Waals surface area contributed by atoms with Crippen LogP contribution in [0.5, 0.6) is 0 Å². The van der Waals surface area contributed by atoms with Gasteiger partial charge in [0.15, 0.2) is 0 Å². The lowest BCUT2D eigenvalue weighted by atomic mass is 10.1. The Morgan fingerprint density at radius 3 is 2.65 bits per heavy atom. The second kappa shape index (κ2) is 4.65. The van der Waals surface area contributed by atoms with E-state index in [0.717, 1.165) is 24.6 Å². The summed E-state index contributed by atoms with van der Waals surface area (Å²) in [4.78, 5) is 4.28. The van der Waals surface area contributed by atoms with E-state index in [9.17, 15) is 8.78 Å². The standard InChI is InChI=1S/C13H14F2N2/c1-3-4-9-7-11(16-2)13-10(15)5-8(14)6-12(13)17-9/h5-7H,3-4H2,1-2H3,(H,16,17). The van der Waals surface area contributed by atoms with Gasteiger partial charge < -0.3 is 5.32 Å². The molecule has 17 heavy (non-hydrogen) atoms. The first-order valence-electron chi connectivity index (χ1n) is 5.62. The van der Waals surface area contributed by atoms with Crippen molar-refractivity contribution in [1.29, 1.82) is 0 Å². The molecule has 1 aromatic carbocycles. The first-order valence-corrected chi connectivity index (χ1v) is 5.62. The predicted octanol–water partition coefficient (Wildman–Crippen LogP) is 3.51. The van der Waals surface area contributed by atoms with Crippen molar-refractivity contribution in [3.8, 4) is 0 Å². The third kappa shape index (κ3) is 2.20. The first-order chi connectivity index (χ1) is 8.15. The lowest BCUT2D eigenvalue weighted by Gasteiger charge is -2.09. The fraction of sp³-hybridized carbons (Fsp3) is 0.308. The van der Waals surface area contributed by atoms with Gasteiger partial charge >= 0.3 is 0 Å². The molecule has 4 heteroatoms. The van der Waals surface area contributed by atoms with Gasteiger partial charge in [-0.25, -0.2) is 8.78 Å². The summed E-state index contributed by atoms with van der Waals surface area (Å²) in [5, 5.41) is 3.27. The Balaban J connectivity index is 2.73. The minimum absolute atomic E-state index is 0.341. The second-order valence-electron chi connectivity index (χ2n) is 3.94. The largest absolute Gasteiger partial charge is 0.387 e. The molecule has 2 nitrogen and oxygen atoms in total. The SMILES string of the molecule is CCCc1cc(NC)c2c(F)cc(F)cc2n1. The summed E-state index contributed by atoms with van der Waals surface area (Å²) in [5.41, 5.74) is 1.85. The predicted molar refractivity (Wildman–Crippen MR) is 65.2 cm³/mol. The van der Waals surface area contributed by atoms with Crippen molar-refractivity contribution in [2.45, 2.75) is 19.8 Å². The van der Waals surface area contributed by atoms with E-state index in [2.05, 4.69) is 10.3 Å². The summed E-state index contributed by atoms with van der Waals surface area (Å²) in [5.74, 6) is -1.18. The molecule has 0 saturated heterocycles. The van der Waals surface area contributed by atoms with Crippen LogP contribution in [0.25, 0.3) is 10.9 Å². The number of fused-ring (bicyclic) bond motifs is 1. The second-order valence-corrected chi connectivity index (χ2v) is 3.94. The minimum atomic E-state index is -0.599. The minimum Gasteiger partial charge on any atom is -0.387 e. The van der Waals surface area contributed by atoms with E-state index < -0.39 is 11.6 Å². The highest BCUT2D eigenvalue weighted by Crippen LogP contribution is 2.27. The molecule has 2 aromatic rings. The number of hydrogen-bond donors (Lipinski definition) is 1. The molecular formula is C13H14F2N2. The van der Waals surface area contributed by atoms with Crippen molar-refractivity contribution in [2.24, 2.45) is 0 Å². The van der Waals surface area contributed by atoms with E-state index in [0.29, 0.717) is 16.6 Å². The van der Waals surface area contributed by atoms with Gasteiger partial charge in [-0.15, -0.1) is 0 Å². The van der Waals surface area contributed by atoms with E-state index in [1.54, 1.807) is 7.05 Å². The van der Waals surface area contributed by atoms with Crippen molar-refractivity contribution < 1.29 is 8.78 Å². The average molecular weight is 236 g/mol. The van der Waals surface area contributed by atoms with Crippen LogP contribution in [0.3, 0.4) is 0 Å². The molecule has 0 aliphatic heterocycles. The molecule has 2 rings (SSSR count). The molecule has 1 heterocycles. The zero-order chi connectivity index (χ0) is 12.4. The molecule has 0 aliphatic carbocycles. The maximum absolute atomic E-state index is 13.7. The molecule has 0 spiro atoms. The molecule has 0 atom stereocenters. The highest BCUT2D eigenvalue weighted by Gasteiger charge is 2.11. The van der Waals surface area contributed by atoms with Gasteiger partial charge in [-0.3, -0.25) is 4.98 Å². The van der Waals surface area contributed by atoms with Gasteiger partial charge in [0.05, 0.1) is 10.9 Å². The fourth-order valence-corrected chi connectivity index (χ4v) is 1.92. The summed E-state index contributed by atoms with van der Waals surface area (Å²) < 4.78 is 26.8. The van der Waals surface area contributed by atoms with E-state index in [1.807, 2.05) is 13.0 Å². The number of anilines is 1. The third-order valence-corrected chi connectivity index (χ3v) is 2.65. The van der Waals surface area contributed by atoms with Crippen molar-refractivity contribution >= 4 is 16.6 Å². The van der Waals surface area contributed by atoms with Crippen LogP contribution < -0.4 is 5.32 Å². The number of pyridine rings is 1. The van der Waals surface area contributed by atoms with Crippen molar-refractivity contribution in [1.82, 2.24) is 4.98 Å². The Kier molecular flexibility index (Phi) is 3.22. The Morgan fingerprint density at radius 2 is 2.00 bits per heavy atom. The molecule has 1 N–H and O–H groups in total. The lowest BCUT2D eigenvalue weighted by molar-refractivity contribution is 0.591. The maximum Gasteiger partial charge on any atom is 0.137 e. The van der Waals surface area contributed by atoms with Crippen LogP contribution in [0.2, 0.25) is 0 Å². The Morgan fingerprint density at radius 1 is 1.24 bits per heavy atom. The molecule has 0 fully saturated rings. The van der Waals surface area contributed by atoms with E-state index in [-0.39, 0.29) is 0 Å². The lowest BCUT2D eigenvalue weighted by Crippen LogP contribution is -1.99. The zero-order valence-corrected chi connectivity index (χ0v) is 9.85. The molecular weight excluding hydrogens is 222 g/mol. The van der Waals surface area contributed by atoms with Crippen LogP contribution in [0.15, 0.2) is 18.2 Å². The molecule has 90 valence electrons. The Labute approximate surface area is 98.7 Å². The third-order valence-electron chi connectivity index (χ3n) is 2.65. The molecule has 0 radical (unpaired) electrons. The highest BCUT2D eigenvalue weighted by atomic mass is 19.1. The zero-order valence-electron chi connectivity index (χ0n) is 9.85. The number of benzene rings is 1. The van der Waals surface area contributed by atoms with Crippen LogP contribution in [0.1, 0.15) is 19.0 Å². The van der Waals surface area contributed by atoms with Crippen LogP contribution in [-0.4, -0.2) is 12.0 Å². The number of aryl methyl sites for hydroxylation is 1. The first kappa shape index (κ1) is 11.8. The van der Waals surface area contributed by atoms with E-state index in [4.69, 9.17) is 0 Å². The molecule has 1 aromatic heterocycles.